The Morgan fingerprint density at radius 1 is 1.45 bits per heavy atom. The normalized spacial score (nSPS) is 12.6. The van der Waals surface area contributed by atoms with Gasteiger partial charge in [0.05, 0.1) is 4.47 Å². The number of nitrogens with zero attached hydrogens (tertiary/aromatic N) is 2. The third-order valence-corrected chi connectivity index (χ3v) is 3.48. The van der Waals surface area contributed by atoms with Crippen LogP contribution in [-0.4, -0.2) is 22.7 Å². The van der Waals surface area contributed by atoms with Crippen molar-refractivity contribution in [3.63, 3.8) is 0 Å². The molecule has 4 nitrogen and oxygen atoms in total. The minimum atomic E-state index is -0.310. The molecule has 0 saturated heterocycles. The van der Waals surface area contributed by atoms with Crippen LogP contribution in [0.2, 0.25) is 0 Å². The predicted octanol–water partition coefficient (Wildman–Crippen LogP) is 3.57. The third kappa shape index (κ3) is 3.86. The average Bonchev–Trinajstić information content (AvgIpc) is 2.88. The summed E-state index contributed by atoms with van der Waals surface area (Å²) in [5.41, 5.74) is 0.724. The summed E-state index contributed by atoms with van der Waals surface area (Å²) in [5.74, 6) is 0.745. The molecule has 0 aliphatic rings. The Morgan fingerprint density at radius 3 is 2.95 bits per heavy atom. The monoisotopic (exact) mass is 341 g/mol. The Morgan fingerprint density at radius 2 is 2.25 bits per heavy atom. The van der Waals surface area contributed by atoms with Crippen molar-refractivity contribution in [3.05, 3.63) is 34.4 Å². The van der Waals surface area contributed by atoms with Gasteiger partial charge in [0.1, 0.15) is 5.82 Å². The van der Waals surface area contributed by atoms with Crippen LogP contribution in [0.25, 0.3) is 11.4 Å². The van der Waals surface area contributed by atoms with Crippen LogP contribution in [0.5, 0.6) is 0 Å². The Labute approximate surface area is 125 Å². The van der Waals surface area contributed by atoms with Gasteiger partial charge in [-0.15, -0.1) is 0 Å². The first-order chi connectivity index (χ1) is 9.60. The highest BCUT2D eigenvalue weighted by atomic mass is 79.9. The number of benzene rings is 1. The van der Waals surface area contributed by atoms with Crippen molar-refractivity contribution in [2.45, 2.75) is 32.7 Å². The first-order valence-electron chi connectivity index (χ1n) is 6.61. The van der Waals surface area contributed by atoms with Crippen molar-refractivity contribution < 1.29 is 8.91 Å². The van der Waals surface area contributed by atoms with E-state index < -0.39 is 0 Å². The zero-order valence-electron chi connectivity index (χ0n) is 11.5. The first-order valence-corrected chi connectivity index (χ1v) is 7.41. The van der Waals surface area contributed by atoms with E-state index in [1.165, 1.54) is 6.07 Å². The van der Waals surface area contributed by atoms with E-state index in [2.05, 4.69) is 45.2 Å². The van der Waals surface area contributed by atoms with Gasteiger partial charge in [-0.3, -0.25) is 0 Å². The standard InChI is InChI=1S/C14H17BrFN3O/c1-3-6-17-9(2)7-13-18-14(19-20-13)10-4-5-12(16)11(15)8-10/h4-5,8-9,17H,3,6-7H2,1-2H3. The number of aromatic nitrogens is 2. The van der Waals surface area contributed by atoms with Crippen molar-refractivity contribution in [2.24, 2.45) is 0 Å². The van der Waals surface area contributed by atoms with Gasteiger partial charge in [-0.05, 0) is 54.0 Å². The van der Waals surface area contributed by atoms with Crippen LogP contribution in [0.4, 0.5) is 4.39 Å². The quantitative estimate of drug-likeness (QED) is 0.872. The highest BCUT2D eigenvalue weighted by Gasteiger charge is 2.12. The van der Waals surface area contributed by atoms with Gasteiger partial charge in [0.25, 0.3) is 0 Å². The van der Waals surface area contributed by atoms with E-state index in [-0.39, 0.29) is 11.9 Å². The van der Waals surface area contributed by atoms with E-state index in [1.54, 1.807) is 12.1 Å². The second-order valence-electron chi connectivity index (χ2n) is 4.70. The average molecular weight is 342 g/mol. The smallest absolute Gasteiger partial charge is 0.228 e. The Balaban J connectivity index is 2.06. The minimum absolute atomic E-state index is 0.281. The molecule has 0 aliphatic heterocycles. The number of rotatable bonds is 6. The summed E-state index contributed by atoms with van der Waals surface area (Å²) in [6.45, 7) is 5.16. The maximum atomic E-state index is 13.2. The first kappa shape index (κ1) is 15.1. The fourth-order valence-electron chi connectivity index (χ4n) is 1.82. The van der Waals surface area contributed by atoms with Gasteiger partial charge in [0, 0.05) is 18.0 Å². The lowest BCUT2D eigenvalue weighted by Gasteiger charge is -2.09. The third-order valence-electron chi connectivity index (χ3n) is 2.87. The van der Waals surface area contributed by atoms with E-state index in [0.29, 0.717) is 22.6 Å². The van der Waals surface area contributed by atoms with Gasteiger partial charge in [0.2, 0.25) is 11.7 Å². The predicted molar refractivity (Wildman–Crippen MR) is 78.9 cm³/mol. The van der Waals surface area contributed by atoms with Gasteiger partial charge >= 0.3 is 0 Å². The molecule has 2 rings (SSSR count). The van der Waals surface area contributed by atoms with E-state index >= 15 is 0 Å². The summed E-state index contributed by atoms with van der Waals surface area (Å²) >= 11 is 3.15. The van der Waals surface area contributed by atoms with E-state index in [4.69, 9.17) is 4.52 Å². The van der Waals surface area contributed by atoms with E-state index in [1.807, 2.05) is 0 Å². The van der Waals surface area contributed by atoms with Gasteiger partial charge < -0.3 is 9.84 Å². The molecule has 1 atom stereocenters. The lowest BCUT2D eigenvalue weighted by atomic mass is 10.2. The summed E-state index contributed by atoms with van der Waals surface area (Å²) in [7, 11) is 0. The second-order valence-corrected chi connectivity index (χ2v) is 5.55. The van der Waals surface area contributed by atoms with Crippen LogP contribution in [0.15, 0.2) is 27.2 Å². The Hall–Kier alpha value is -1.27. The van der Waals surface area contributed by atoms with E-state index in [9.17, 15) is 4.39 Å². The van der Waals surface area contributed by atoms with Crippen molar-refractivity contribution in [1.82, 2.24) is 15.5 Å². The fraction of sp³-hybridized carbons (Fsp3) is 0.429. The molecule has 0 bridgehead atoms. The van der Waals surface area contributed by atoms with Gasteiger partial charge in [-0.2, -0.15) is 4.98 Å². The summed E-state index contributed by atoms with van der Waals surface area (Å²) < 4.78 is 18.8. The van der Waals surface area contributed by atoms with Crippen molar-refractivity contribution in [2.75, 3.05) is 6.54 Å². The summed E-state index contributed by atoms with van der Waals surface area (Å²) in [5, 5.41) is 7.29. The lowest BCUT2D eigenvalue weighted by molar-refractivity contribution is 0.362. The zero-order chi connectivity index (χ0) is 14.5. The molecular formula is C14H17BrFN3O. The van der Waals surface area contributed by atoms with Crippen molar-refractivity contribution in [1.29, 1.82) is 0 Å². The molecule has 108 valence electrons. The highest BCUT2D eigenvalue weighted by Crippen LogP contribution is 2.23. The molecule has 1 aromatic carbocycles. The molecular weight excluding hydrogens is 325 g/mol. The number of halogens is 2. The molecule has 0 amide bonds. The largest absolute Gasteiger partial charge is 0.339 e. The summed E-state index contributed by atoms with van der Waals surface area (Å²) in [6.07, 6.45) is 1.76. The van der Waals surface area contributed by atoms with Crippen LogP contribution in [-0.2, 0) is 6.42 Å². The van der Waals surface area contributed by atoms with Gasteiger partial charge in [-0.25, -0.2) is 4.39 Å². The van der Waals surface area contributed by atoms with Crippen LogP contribution < -0.4 is 5.32 Å². The SMILES string of the molecule is CCCNC(C)Cc1nc(-c2ccc(F)c(Br)c2)no1. The molecule has 1 N–H and O–H groups in total. The molecule has 0 fully saturated rings. The fourth-order valence-corrected chi connectivity index (χ4v) is 2.19. The molecule has 1 heterocycles. The molecule has 0 spiro atoms. The molecule has 20 heavy (non-hydrogen) atoms. The van der Waals surface area contributed by atoms with E-state index in [0.717, 1.165) is 18.5 Å². The molecule has 1 unspecified atom stereocenters. The van der Waals surface area contributed by atoms with Crippen LogP contribution in [0.3, 0.4) is 0 Å². The molecule has 1 aromatic heterocycles. The number of hydrogen-bond acceptors (Lipinski definition) is 4. The molecule has 0 saturated carbocycles. The van der Waals surface area contributed by atoms with Crippen molar-refractivity contribution in [3.8, 4) is 11.4 Å². The van der Waals surface area contributed by atoms with Gasteiger partial charge in [0.15, 0.2) is 0 Å². The minimum Gasteiger partial charge on any atom is -0.339 e. The topological polar surface area (TPSA) is 51.0 Å². The maximum Gasteiger partial charge on any atom is 0.228 e. The molecule has 0 radical (unpaired) electrons. The lowest BCUT2D eigenvalue weighted by Crippen LogP contribution is -2.28. The Bertz CT molecular complexity index is 573. The second kappa shape index (κ2) is 6.95. The molecule has 6 heteroatoms. The van der Waals surface area contributed by atoms with Crippen LogP contribution in [0, 0.1) is 5.82 Å². The summed E-state index contributed by atoms with van der Waals surface area (Å²) in [6, 6.07) is 4.93. The molecule has 0 aliphatic carbocycles. The maximum absolute atomic E-state index is 13.2. The van der Waals surface area contributed by atoms with Crippen LogP contribution in [0.1, 0.15) is 26.2 Å². The molecule has 2 aromatic rings. The number of hydrogen-bond donors (Lipinski definition) is 1. The highest BCUT2D eigenvalue weighted by molar-refractivity contribution is 9.10. The van der Waals surface area contributed by atoms with Gasteiger partial charge in [-0.1, -0.05) is 12.1 Å². The van der Waals surface area contributed by atoms with Crippen LogP contribution >= 0.6 is 15.9 Å². The Kier molecular flexibility index (Phi) is 5.25. The zero-order valence-corrected chi connectivity index (χ0v) is 13.1. The summed E-state index contributed by atoms with van der Waals surface area (Å²) in [4.78, 5) is 4.34. The van der Waals surface area contributed by atoms with Crippen molar-refractivity contribution >= 4 is 15.9 Å². The number of nitrogens with one attached hydrogen (secondary N) is 1.